The topological polar surface area (TPSA) is 54.7 Å². The normalized spacial score (nSPS) is 9.32. The standard InChI is InChI=1S/C11H9N3O.2C2H6/c1-7-2-3-8(10-5-12-6-13-10)11-9(7)4-14-15-11;2*1-2/h2-6H,1H3,(H,12,13);2*1-2H3. The Labute approximate surface area is 113 Å². The molecule has 1 aromatic carbocycles. The van der Waals surface area contributed by atoms with Gasteiger partial charge in [0.05, 0.1) is 24.4 Å². The van der Waals surface area contributed by atoms with Crippen LogP contribution in [0, 0.1) is 6.92 Å². The number of benzene rings is 1. The van der Waals surface area contributed by atoms with E-state index in [1.807, 2.05) is 40.7 Å². The summed E-state index contributed by atoms with van der Waals surface area (Å²) in [6.07, 6.45) is 5.16. The van der Waals surface area contributed by atoms with Gasteiger partial charge in [0, 0.05) is 10.9 Å². The molecule has 0 amide bonds. The van der Waals surface area contributed by atoms with E-state index in [9.17, 15) is 0 Å². The van der Waals surface area contributed by atoms with Gasteiger partial charge in [-0.1, -0.05) is 38.9 Å². The van der Waals surface area contributed by atoms with Crippen LogP contribution in [0.5, 0.6) is 0 Å². The summed E-state index contributed by atoms with van der Waals surface area (Å²) >= 11 is 0. The van der Waals surface area contributed by atoms with Gasteiger partial charge in [-0.25, -0.2) is 4.98 Å². The van der Waals surface area contributed by atoms with Crippen LogP contribution in [0.3, 0.4) is 0 Å². The Balaban J connectivity index is 0.000000415. The average molecular weight is 259 g/mol. The molecule has 0 aliphatic heterocycles. The first kappa shape index (κ1) is 15.0. The largest absolute Gasteiger partial charge is 0.356 e. The van der Waals surface area contributed by atoms with Crippen LogP contribution >= 0.6 is 0 Å². The maximum absolute atomic E-state index is 5.26. The van der Waals surface area contributed by atoms with Crippen LogP contribution in [0.15, 0.2) is 35.4 Å². The molecule has 0 fully saturated rings. The van der Waals surface area contributed by atoms with Crippen molar-refractivity contribution in [2.75, 3.05) is 0 Å². The van der Waals surface area contributed by atoms with Gasteiger partial charge < -0.3 is 9.51 Å². The van der Waals surface area contributed by atoms with Gasteiger partial charge in [-0.15, -0.1) is 0 Å². The van der Waals surface area contributed by atoms with Crippen LogP contribution in [0.2, 0.25) is 0 Å². The zero-order valence-corrected chi connectivity index (χ0v) is 12.2. The van der Waals surface area contributed by atoms with Gasteiger partial charge >= 0.3 is 0 Å². The average Bonchev–Trinajstić information content (AvgIpc) is 3.15. The first-order valence-electron chi connectivity index (χ1n) is 6.69. The van der Waals surface area contributed by atoms with Gasteiger partial charge in [0.2, 0.25) is 0 Å². The third-order valence-corrected chi connectivity index (χ3v) is 2.53. The number of H-pyrrole nitrogens is 1. The van der Waals surface area contributed by atoms with Crippen molar-refractivity contribution in [1.29, 1.82) is 0 Å². The van der Waals surface area contributed by atoms with Crippen molar-refractivity contribution in [2.24, 2.45) is 0 Å². The lowest BCUT2D eigenvalue weighted by Gasteiger charge is -1.99. The van der Waals surface area contributed by atoms with E-state index in [-0.39, 0.29) is 0 Å². The maximum Gasteiger partial charge on any atom is 0.176 e. The summed E-state index contributed by atoms with van der Waals surface area (Å²) in [6, 6.07) is 4.06. The van der Waals surface area contributed by atoms with Crippen molar-refractivity contribution in [1.82, 2.24) is 15.1 Å². The number of nitrogens with zero attached hydrogens (tertiary/aromatic N) is 2. The quantitative estimate of drug-likeness (QED) is 0.696. The molecule has 4 heteroatoms. The summed E-state index contributed by atoms with van der Waals surface area (Å²) in [5, 5.41) is 4.87. The van der Waals surface area contributed by atoms with Gasteiger partial charge in [-0.3, -0.25) is 0 Å². The Morgan fingerprint density at radius 1 is 1.05 bits per heavy atom. The van der Waals surface area contributed by atoms with Gasteiger partial charge in [-0.05, 0) is 18.6 Å². The highest BCUT2D eigenvalue weighted by molar-refractivity contribution is 5.92. The smallest absolute Gasteiger partial charge is 0.176 e. The molecule has 2 heterocycles. The van der Waals surface area contributed by atoms with Crippen molar-refractivity contribution < 1.29 is 4.52 Å². The Morgan fingerprint density at radius 3 is 2.42 bits per heavy atom. The molecule has 0 atom stereocenters. The van der Waals surface area contributed by atoms with E-state index in [1.165, 1.54) is 0 Å². The third-order valence-electron chi connectivity index (χ3n) is 2.53. The van der Waals surface area contributed by atoms with Crippen LogP contribution in [-0.4, -0.2) is 15.1 Å². The monoisotopic (exact) mass is 259 g/mol. The summed E-state index contributed by atoms with van der Waals surface area (Å²) in [5.74, 6) is 0. The molecule has 4 nitrogen and oxygen atoms in total. The number of aryl methyl sites for hydroxylation is 1. The van der Waals surface area contributed by atoms with Crippen molar-refractivity contribution in [3.8, 4) is 11.3 Å². The highest BCUT2D eigenvalue weighted by atomic mass is 16.5. The zero-order chi connectivity index (χ0) is 14.3. The molecule has 3 aromatic rings. The maximum atomic E-state index is 5.26. The molecule has 102 valence electrons. The fraction of sp³-hybridized carbons (Fsp3) is 0.333. The van der Waals surface area contributed by atoms with E-state index in [0.717, 1.165) is 27.8 Å². The van der Waals surface area contributed by atoms with Crippen LogP contribution < -0.4 is 0 Å². The Kier molecular flexibility index (Phi) is 5.79. The first-order valence-corrected chi connectivity index (χ1v) is 6.69. The lowest BCUT2D eigenvalue weighted by Crippen LogP contribution is -1.80. The lowest BCUT2D eigenvalue weighted by molar-refractivity contribution is 0.457. The molecular formula is C15H21N3O. The zero-order valence-electron chi connectivity index (χ0n) is 12.2. The predicted molar refractivity (Wildman–Crippen MR) is 79.0 cm³/mol. The number of nitrogens with one attached hydrogen (secondary N) is 1. The molecule has 0 unspecified atom stereocenters. The fourth-order valence-electron chi connectivity index (χ4n) is 1.70. The minimum Gasteiger partial charge on any atom is -0.356 e. The first-order chi connectivity index (χ1) is 9.36. The molecule has 0 spiro atoms. The van der Waals surface area contributed by atoms with E-state index in [4.69, 9.17) is 4.52 Å². The number of hydrogen-bond acceptors (Lipinski definition) is 3. The summed E-state index contributed by atoms with van der Waals surface area (Å²) < 4.78 is 5.26. The third kappa shape index (κ3) is 3.02. The van der Waals surface area contributed by atoms with Crippen LogP contribution in [0.4, 0.5) is 0 Å². The molecule has 0 radical (unpaired) electrons. The number of hydrogen-bond donors (Lipinski definition) is 1. The summed E-state index contributed by atoms with van der Waals surface area (Å²) in [4.78, 5) is 7.05. The second-order valence-electron chi connectivity index (χ2n) is 3.46. The van der Waals surface area contributed by atoms with E-state index in [0.29, 0.717) is 0 Å². The van der Waals surface area contributed by atoms with Crippen molar-refractivity contribution in [3.05, 3.63) is 36.4 Å². The molecule has 19 heavy (non-hydrogen) atoms. The second kappa shape index (κ2) is 7.36. The van der Waals surface area contributed by atoms with Crippen LogP contribution in [-0.2, 0) is 0 Å². The number of rotatable bonds is 1. The Hall–Kier alpha value is -2.10. The lowest BCUT2D eigenvalue weighted by atomic mass is 10.1. The summed E-state index contributed by atoms with van der Waals surface area (Å²) in [7, 11) is 0. The van der Waals surface area contributed by atoms with Crippen molar-refractivity contribution >= 4 is 11.0 Å². The molecule has 0 aliphatic carbocycles. The molecule has 0 saturated carbocycles. The minimum absolute atomic E-state index is 0.805. The Morgan fingerprint density at radius 2 is 1.79 bits per heavy atom. The molecule has 3 rings (SSSR count). The number of aromatic nitrogens is 3. The van der Waals surface area contributed by atoms with Crippen LogP contribution in [0.1, 0.15) is 33.3 Å². The van der Waals surface area contributed by atoms with Crippen molar-refractivity contribution in [2.45, 2.75) is 34.6 Å². The van der Waals surface area contributed by atoms with E-state index < -0.39 is 0 Å². The van der Waals surface area contributed by atoms with Gasteiger partial charge in [0.25, 0.3) is 0 Å². The van der Waals surface area contributed by atoms with E-state index in [2.05, 4.69) is 21.2 Å². The molecule has 2 aromatic heterocycles. The summed E-state index contributed by atoms with van der Waals surface area (Å²) in [6.45, 7) is 10.0. The van der Waals surface area contributed by atoms with Gasteiger partial charge in [-0.2, -0.15) is 0 Å². The number of imidazole rings is 1. The predicted octanol–water partition coefficient (Wildman–Crippen LogP) is 4.58. The fourth-order valence-corrected chi connectivity index (χ4v) is 1.70. The molecule has 1 N–H and O–H groups in total. The second-order valence-corrected chi connectivity index (χ2v) is 3.46. The van der Waals surface area contributed by atoms with Gasteiger partial charge in [0.15, 0.2) is 5.58 Å². The van der Waals surface area contributed by atoms with Gasteiger partial charge in [0.1, 0.15) is 0 Å². The minimum atomic E-state index is 0.805. The summed E-state index contributed by atoms with van der Waals surface area (Å²) in [5.41, 5.74) is 3.90. The Bertz CT molecular complexity index is 597. The van der Waals surface area contributed by atoms with Crippen LogP contribution in [0.25, 0.3) is 22.2 Å². The molecule has 0 saturated heterocycles. The van der Waals surface area contributed by atoms with E-state index >= 15 is 0 Å². The van der Waals surface area contributed by atoms with E-state index in [1.54, 1.807) is 18.7 Å². The molecule has 0 aliphatic rings. The highest BCUT2D eigenvalue weighted by Crippen LogP contribution is 2.28. The number of aromatic amines is 1. The molecule has 0 bridgehead atoms. The molecular weight excluding hydrogens is 238 g/mol. The van der Waals surface area contributed by atoms with Crippen molar-refractivity contribution in [3.63, 3.8) is 0 Å². The highest BCUT2D eigenvalue weighted by Gasteiger charge is 2.10. The SMILES string of the molecule is CC.CC.Cc1ccc(-c2cnc[nH]2)c2oncc12. The number of fused-ring (bicyclic) bond motifs is 1.